The molecule has 20 heavy (non-hydrogen) atoms. The summed E-state index contributed by atoms with van der Waals surface area (Å²) in [6, 6.07) is 15.2. The van der Waals surface area contributed by atoms with E-state index in [0.29, 0.717) is 0 Å². The summed E-state index contributed by atoms with van der Waals surface area (Å²) < 4.78 is 3.47. The summed E-state index contributed by atoms with van der Waals surface area (Å²) in [4.78, 5) is 12.3. The number of hydrogen-bond acceptors (Lipinski definition) is 3. The Morgan fingerprint density at radius 1 is 1.20 bits per heavy atom. The van der Waals surface area contributed by atoms with Gasteiger partial charge in [0.15, 0.2) is 7.05 Å². The molecule has 0 radical (unpaired) electrons. The number of hydrogen-bond donors (Lipinski definition) is 0. The smallest absolute Gasteiger partial charge is 0.254 e. The highest BCUT2D eigenvalue weighted by Crippen LogP contribution is 2.26. The third-order valence-corrected chi connectivity index (χ3v) is 4.03. The van der Waals surface area contributed by atoms with Gasteiger partial charge in [-0.25, -0.2) is 0 Å². The zero-order chi connectivity index (χ0) is 14.1. The van der Waals surface area contributed by atoms with Gasteiger partial charge in [-0.3, -0.25) is 0 Å². The highest BCUT2D eigenvalue weighted by atomic mass is 32.1. The van der Waals surface area contributed by atoms with Crippen molar-refractivity contribution in [3.63, 3.8) is 0 Å². The number of nitrogens with zero attached hydrogens (tertiary/aromatic N) is 2. The molecule has 2 heterocycles. The number of carboxylic acid groups (broad SMARTS) is 1. The van der Waals surface area contributed by atoms with Crippen LogP contribution in [0, 0.1) is 0 Å². The number of rotatable bonds is 3. The molecule has 0 atom stereocenters. The van der Waals surface area contributed by atoms with E-state index in [-0.39, 0.29) is 5.69 Å². The van der Waals surface area contributed by atoms with Crippen LogP contribution in [0.3, 0.4) is 0 Å². The van der Waals surface area contributed by atoms with E-state index in [1.54, 1.807) is 29.1 Å². The van der Waals surface area contributed by atoms with Gasteiger partial charge in [-0.05, 0) is 23.6 Å². The number of aromatic carboxylic acids is 1. The third kappa shape index (κ3) is 2.02. The summed E-state index contributed by atoms with van der Waals surface area (Å²) in [5.41, 5.74) is 1.90. The molecular formula is C15H12N2O2S. The lowest BCUT2D eigenvalue weighted by atomic mass is 10.3. The van der Waals surface area contributed by atoms with Crippen molar-refractivity contribution >= 4 is 17.3 Å². The molecular weight excluding hydrogens is 272 g/mol. The third-order valence-electron chi connectivity index (χ3n) is 3.13. The average Bonchev–Trinajstić information content (AvgIpc) is 3.06. The normalized spacial score (nSPS) is 10.7. The number of thiophene rings is 1. The summed E-state index contributed by atoms with van der Waals surface area (Å²) in [7, 11) is 1.72. The molecule has 0 fully saturated rings. The monoisotopic (exact) mass is 284 g/mol. The first kappa shape index (κ1) is 12.6. The lowest BCUT2D eigenvalue weighted by Crippen LogP contribution is -2.46. The molecule has 0 amide bonds. The van der Waals surface area contributed by atoms with Crippen LogP contribution in [-0.2, 0) is 7.05 Å². The molecule has 4 nitrogen and oxygen atoms in total. The van der Waals surface area contributed by atoms with Gasteiger partial charge in [0.1, 0.15) is 17.4 Å². The van der Waals surface area contributed by atoms with Crippen LogP contribution in [0.5, 0.6) is 0 Å². The summed E-state index contributed by atoms with van der Waals surface area (Å²) in [5, 5.41) is 13.2. The molecule has 0 aliphatic rings. The van der Waals surface area contributed by atoms with Crippen molar-refractivity contribution in [3.8, 4) is 16.3 Å². The van der Waals surface area contributed by atoms with E-state index in [9.17, 15) is 9.90 Å². The van der Waals surface area contributed by atoms with E-state index in [0.717, 1.165) is 16.3 Å². The van der Waals surface area contributed by atoms with Gasteiger partial charge in [0, 0.05) is 6.07 Å². The summed E-state index contributed by atoms with van der Waals surface area (Å²) in [6.45, 7) is 0. The molecule has 1 aromatic carbocycles. The fourth-order valence-corrected chi connectivity index (χ4v) is 2.95. The Bertz CT molecular complexity index is 746. The maximum absolute atomic E-state index is 11.2. The maximum atomic E-state index is 11.2. The molecule has 0 unspecified atom stereocenters. The lowest BCUT2D eigenvalue weighted by molar-refractivity contribution is -0.746. The highest BCUT2D eigenvalue weighted by Gasteiger charge is 2.23. The minimum absolute atomic E-state index is 0.150. The summed E-state index contributed by atoms with van der Waals surface area (Å²) in [5.74, 6) is -1.18. The second-order valence-electron chi connectivity index (χ2n) is 4.35. The minimum atomic E-state index is -1.18. The molecule has 0 saturated carbocycles. The van der Waals surface area contributed by atoms with Gasteiger partial charge < -0.3 is 9.90 Å². The van der Waals surface area contributed by atoms with Crippen LogP contribution in [0.15, 0.2) is 53.9 Å². The van der Waals surface area contributed by atoms with Gasteiger partial charge in [-0.15, -0.1) is 20.7 Å². The molecule has 5 heteroatoms. The highest BCUT2D eigenvalue weighted by molar-refractivity contribution is 7.13. The summed E-state index contributed by atoms with van der Waals surface area (Å²) >= 11 is 1.57. The van der Waals surface area contributed by atoms with Crippen molar-refractivity contribution in [1.29, 1.82) is 0 Å². The number of para-hydroxylation sites is 1. The second-order valence-corrected chi connectivity index (χ2v) is 5.30. The zero-order valence-corrected chi connectivity index (χ0v) is 11.6. The molecule has 3 rings (SSSR count). The first-order valence-corrected chi connectivity index (χ1v) is 6.99. The Balaban J connectivity index is 2.29. The Kier molecular flexibility index (Phi) is 3.12. The van der Waals surface area contributed by atoms with Crippen LogP contribution in [0.2, 0.25) is 0 Å². The van der Waals surface area contributed by atoms with E-state index in [1.165, 1.54) is 0 Å². The fourth-order valence-electron chi connectivity index (χ4n) is 2.23. The van der Waals surface area contributed by atoms with Crippen molar-refractivity contribution in [3.05, 3.63) is 59.6 Å². The van der Waals surface area contributed by atoms with Gasteiger partial charge in [-0.2, -0.15) is 0 Å². The van der Waals surface area contributed by atoms with Crippen molar-refractivity contribution in [2.75, 3.05) is 0 Å². The van der Waals surface area contributed by atoms with E-state index < -0.39 is 5.97 Å². The van der Waals surface area contributed by atoms with Crippen LogP contribution in [0.4, 0.5) is 0 Å². The molecule has 3 aromatic rings. The van der Waals surface area contributed by atoms with Crippen LogP contribution >= 0.6 is 11.3 Å². The Labute approximate surface area is 120 Å². The van der Waals surface area contributed by atoms with Gasteiger partial charge in [0.2, 0.25) is 0 Å². The molecule has 0 saturated heterocycles. The standard InChI is InChI=1S/C15H12N2O2S/c1-16-13(15(18)19)10-12(14-8-5-9-20-14)17(16)11-6-3-2-4-7-11/h2-10H,1H3. The molecule has 2 aromatic heterocycles. The molecule has 0 spiro atoms. The lowest BCUT2D eigenvalue weighted by Gasteiger charge is -2.04. The van der Waals surface area contributed by atoms with Crippen molar-refractivity contribution < 1.29 is 14.6 Å². The van der Waals surface area contributed by atoms with E-state index in [4.69, 9.17) is 0 Å². The quantitative estimate of drug-likeness (QED) is 0.683. The zero-order valence-electron chi connectivity index (χ0n) is 10.8. The molecule has 100 valence electrons. The number of aromatic nitrogens is 2. The number of carbonyl (C=O) groups excluding carboxylic acids is 1. The SMILES string of the molecule is C[n+]1c(C(=O)[O-])cc(-c2cccs2)n1-c1ccccc1. The summed E-state index contributed by atoms with van der Waals surface area (Å²) in [6.07, 6.45) is 0. The number of carbonyl (C=O) groups is 1. The minimum Gasteiger partial charge on any atom is -0.539 e. The van der Waals surface area contributed by atoms with Gasteiger partial charge in [0.05, 0.1) is 4.88 Å². The van der Waals surface area contributed by atoms with Crippen molar-refractivity contribution in [1.82, 2.24) is 4.68 Å². The van der Waals surface area contributed by atoms with Crippen LogP contribution < -0.4 is 9.79 Å². The number of carboxylic acids is 1. The first-order chi connectivity index (χ1) is 9.68. The van der Waals surface area contributed by atoms with Gasteiger partial charge >= 0.3 is 0 Å². The van der Waals surface area contributed by atoms with Gasteiger partial charge in [0.25, 0.3) is 5.69 Å². The van der Waals surface area contributed by atoms with Crippen LogP contribution in [0.1, 0.15) is 10.5 Å². The van der Waals surface area contributed by atoms with Crippen LogP contribution in [-0.4, -0.2) is 10.7 Å². The largest absolute Gasteiger partial charge is 0.539 e. The Morgan fingerprint density at radius 2 is 1.95 bits per heavy atom. The predicted octanol–water partition coefficient (Wildman–Crippen LogP) is 1.39. The van der Waals surface area contributed by atoms with Gasteiger partial charge in [-0.1, -0.05) is 24.3 Å². The topological polar surface area (TPSA) is 48.9 Å². The molecule has 0 N–H and O–H groups in total. The second kappa shape index (κ2) is 4.94. The van der Waals surface area contributed by atoms with E-state index in [1.807, 2.05) is 52.5 Å². The fraction of sp³-hybridized carbons (Fsp3) is 0.0667. The van der Waals surface area contributed by atoms with Crippen molar-refractivity contribution in [2.24, 2.45) is 7.05 Å². The Hall–Kier alpha value is -2.40. The first-order valence-electron chi connectivity index (χ1n) is 6.11. The van der Waals surface area contributed by atoms with Crippen LogP contribution in [0.25, 0.3) is 16.3 Å². The predicted molar refractivity (Wildman–Crippen MR) is 74.6 cm³/mol. The van der Waals surface area contributed by atoms with E-state index >= 15 is 0 Å². The number of benzene rings is 1. The molecule has 0 bridgehead atoms. The van der Waals surface area contributed by atoms with E-state index in [2.05, 4.69) is 0 Å². The molecule has 0 aliphatic carbocycles. The molecule has 0 aliphatic heterocycles. The Morgan fingerprint density at radius 3 is 2.55 bits per heavy atom. The maximum Gasteiger partial charge on any atom is 0.254 e. The average molecular weight is 284 g/mol. The van der Waals surface area contributed by atoms with Crippen molar-refractivity contribution in [2.45, 2.75) is 0 Å².